The van der Waals surface area contributed by atoms with Crippen molar-refractivity contribution in [3.8, 4) is 16.9 Å². The molecule has 3 aromatic carbocycles. The van der Waals surface area contributed by atoms with E-state index in [2.05, 4.69) is 0 Å². The van der Waals surface area contributed by atoms with Gasteiger partial charge in [-0.2, -0.15) is 0 Å². The number of rotatable bonds is 5. The fraction of sp³-hybridized carbons (Fsp3) is 0.0476. The van der Waals surface area contributed by atoms with E-state index >= 15 is 0 Å². The van der Waals surface area contributed by atoms with Crippen LogP contribution in [0.2, 0.25) is 5.02 Å². The highest BCUT2D eigenvalue weighted by atomic mass is 35.5. The zero-order valence-electron chi connectivity index (χ0n) is 13.7. The number of hydrogen-bond acceptors (Lipinski definition) is 4. The lowest BCUT2D eigenvalue weighted by molar-refractivity contribution is 0.0475. The van der Waals surface area contributed by atoms with Crippen LogP contribution in [0.3, 0.4) is 0 Å². The lowest BCUT2D eigenvalue weighted by atomic mass is 10.0. The van der Waals surface area contributed by atoms with Crippen molar-refractivity contribution in [2.45, 2.75) is 0 Å². The lowest BCUT2D eigenvalue weighted by Crippen LogP contribution is -2.14. The van der Waals surface area contributed by atoms with E-state index in [0.717, 1.165) is 11.1 Å². The molecule has 1 N–H and O–H groups in total. The minimum absolute atomic E-state index is 0.192. The Morgan fingerprint density at radius 3 is 2.04 bits per heavy atom. The van der Waals surface area contributed by atoms with Crippen LogP contribution in [0.1, 0.15) is 20.7 Å². The van der Waals surface area contributed by atoms with Crippen LogP contribution in [-0.4, -0.2) is 23.5 Å². The normalized spacial score (nSPS) is 10.3. The molecule has 0 aliphatic rings. The molecule has 0 bridgehead atoms. The molecule has 26 heavy (non-hydrogen) atoms. The second-order valence-electron chi connectivity index (χ2n) is 5.60. The van der Waals surface area contributed by atoms with E-state index in [-0.39, 0.29) is 18.1 Å². The first-order chi connectivity index (χ1) is 12.5. The number of halogens is 1. The molecule has 0 saturated heterocycles. The van der Waals surface area contributed by atoms with Crippen LogP contribution in [0.25, 0.3) is 11.1 Å². The van der Waals surface area contributed by atoms with Gasteiger partial charge in [0.1, 0.15) is 5.75 Å². The Morgan fingerprint density at radius 2 is 1.42 bits per heavy atom. The van der Waals surface area contributed by atoms with E-state index in [1.54, 1.807) is 72.8 Å². The van der Waals surface area contributed by atoms with Crippen LogP contribution in [-0.2, 0) is 4.74 Å². The summed E-state index contributed by atoms with van der Waals surface area (Å²) >= 11 is 5.96. The number of esters is 1. The molecule has 0 radical (unpaired) electrons. The monoisotopic (exact) mass is 366 g/mol. The van der Waals surface area contributed by atoms with Crippen molar-refractivity contribution in [2.24, 2.45) is 0 Å². The van der Waals surface area contributed by atoms with E-state index in [0.29, 0.717) is 16.1 Å². The minimum atomic E-state index is -0.581. The minimum Gasteiger partial charge on any atom is -0.508 e. The fourth-order valence-electron chi connectivity index (χ4n) is 2.43. The van der Waals surface area contributed by atoms with Gasteiger partial charge in [-0.05, 0) is 47.5 Å². The molecule has 0 aromatic heterocycles. The third-order valence-electron chi connectivity index (χ3n) is 3.83. The molecule has 0 aliphatic carbocycles. The lowest BCUT2D eigenvalue weighted by Gasteiger charge is -2.07. The SMILES string of the molecule is O=C(OCC(=O)c1ccccc1Cl)c1ccc(-c2ccc(O)cc2)cc1. The Balaban J connectivity index is 1.64. The second kappa shape index (κ2) is 7.85. The van der Waals surface area contributed by atoms with Crippen molar-refractivity contribution < 1.29 is 19.4 Å². The van der Waals surface area contributed by atoms with E-state index < -0.39 is 5.97 Å². The summed E-state index contributed by atoms with van der Waals surface area (Å²) in [6.45, 7) is -0.373. The van der Waals surface area contributed by atoms with Gasteiger partial charge in [-0.25, -0.2) is 4.79 Å². The predicted octanol–water partition coefficient (Wildman–Crippen LogP) is 4.75. The van der Waals surface area contributed by atoms with Gasteiger partial charge in [0.25, 0.3) is 0 Å². The highest BCUT2D eigenvalue weighted by Gasteiger charge is 2.14. The van der Waals surface area contributed by atoms with Crippen LogP contribution >= 0.6 is 11.6 Å². The van der Waals surface area contributed by atoms with Crippen molar-refractivity contribution in [2.75, 3.05) is 6.61 Å². The van der Waals surface area contributed by atoms with E-state index in [9.17, 15) is 14.7 Å². The second-order valence-corrected chi connectivity index (χ2v) is 6.01. The maximum Gasteiger partial charge on any atom is 0.338 e. The number of phenols is 1. The molecule has 0 spiro atoms. The van der Waals surface area contributed by atoms with Gasteiger partial charge in [0, 0.05) is 5.56 Å². The number of hydrogen-bond donors (Lipinski definition) is 1. The first kappa shape index (κ1) is 17.7. The van der Waals surface area contributed by atoms with Gasteiger partial charge in [-0.3, -0.25) is 4.79 Å². The molecule has 130 valence electrons. The zero-order valence-corrected chi connectivity index (χ0v) is 14.4. The third kappa shape index (κ3) is 4.10. The highest BCUT2D eigenvalue weighted by Crippen LogP contribution is 2.22. The van der Waals surface area contributed by atoms with Crippen LogP contribution in [0.5, 0.6) is 5.75 Å². The first-order valence-electron chi connectivity index (χ1n) is 7.89. The molecule has 0 amide bonds. The number of benzene rings is 3. The summed E-state index contributed by atoms with van der Waals surface area (Å²) in [5.41, 5.74) is 2.48. The smallest absolute Gasteiger partial charge is 0.338 e. The molecular formula is C21H15ClO4. The molecular weight excluding hydrogens is 352 g/mol. The average Bonchev–Trinajstić information content (AvgIpc) is 2.67. The Morgan fingerprint density at radius 1 is 0.846 bits per heavy atom. The quantitative estimate of drug-likeness (QED) is 0.522. The molecule has 0 heterocycles. The van der Waals surface area contributed by atoms with Crippen molar-refractivity contribution >= 4 is 23.4 Å². The third-order valence-corrected chi connectivity index (χ3v) is 4.16. The molecule has 0 unspecified atom stereocenters. The van der Waals surface area contributed by atoms with Gasteiger partial charge < -0.3 is 9.84 Å². The Labute approximate surface area is 155 Å². The molecule has 0 fully saturated rings. The number of carbonyl (C=O) groups excluding carboxylic acids is 2. The topological polar surface area (TPSA) is 63.6 Å². The summed E-state index contributed by atoms with van der Waals surface area (Å²) in [7, 11) is 0. The summed E-state index contributed by atoms with van der Waals surface area (Å²) in [6, 6.07) is 20.2. The van der Waals surface area contributed by atoms with E-state index in [1.807, 2.05) is 0 Å². The summed E-state index contributed by atoms with van der Waals surface area (Å²) in [5.74, 6) is -0.746. The predicted molar refractivity (Wildman–Crippen MR) is 99.6 cm³/mol. The summed E-state index contributed by atoms with van der Waals surface area (Å²) in [5, 5.41) is 9.65. The molecule has 3 rings (SSSR count). The average molecular weight is 367 g/mol. The van der Waals surface area contributed by atoms with Crippen molar-refractivity contribution in [3.05, 3.63) is 88.9 Å². The number of ether oxygens (including phenoxy) is 1. The van der Waals surface area contributed by atoms with Gasteiger partial charge >= 0.3 is 5.97 Å². The molecule has 0 atom stereocenters. The van der Waals surface area contributed by atoms with Crippen LogP contribution in [0, 0.1) is 0 Å². The number of Topliss-reactive ketones (excluding diaryl/α,β-unsaturated/α-hetero) is 1. The highest BCUT2D eigenvalue weighted by molar-refractivity contribution is 6.34. The summed E-state index contributed by atoms with van der Waals surface area (Å²) in [4.78, 5) is 24.2. The Hall–Kier alpha value is -3.11. The molecule has 5 heteroatoms. The maximum absolute atomic E-state index is 12.1. The number of carbonyl (C=O) groups is 2. The first-order valence-corrected chi connectivity index (χ1v) is 8.27. The van der Waals surface area contributed by atoms with Gasteiger partial charge in [0.05, 0.1) is 10.6 Å². The zero-order chi connectivity index (χ0) is 18.5. The summed E-state index contributed by atoms with van der Waals surface area (Å²) < 4.78 is 5.08. The molecule has 0 saturated carbocycles. The van der Waals surface area contributed by atoms with Crippen molar-refractivity contribution in [1.29, 1.82) is 0 Å². The largest absolute Gasteiger partial charge is 0.508 e. The maximum atomic E-state index is 12.1. The van der Waals surface area contributed by atoms with Gasteiger partial charge in [-0.1, -0.05) is 48.0 Å². The van der Waals surface area contributed by atoms with Crippen molar-refractivity contribution in [3.63, 3.8) is 0 Å². The van der Waals surface area contributed by atoms with Crippen LogP contribution in [0.4, 0.5) is 0 Å². The van der Waals surface area contributed by atoms with E-state index in [4.69, 9.17) is 16.3 Å². The molecule has 0 aliphatic heterocycles. The van der Waals surface area contributed by atoms with Crippen LogP contribution in [0.15, 0.2) is 72.8 Å². The van der Waals surface area contributed by atoms with Gasteiger partial charge in [0.15, 0.2) is 6.61 Å². The standard InChI is InChI=1S/C21H15ClO4/c22-19-4-2-1-3-18(19)20(24)13-26-21(25)16-7-5-14(6-8-16)15-9-11-17(23)12-10-15/h1-12,23H,13H2. The summed E-state index contributed by atoms with van der Waals surface area (Å²) in [6.07, 6.45) is 0. The van der Waals surface area contributed by atoms with E-state index in [1.165, 1.54) is 0 Å². The molecule has 3 aromatic rings. The fourth-order valence-corrected chi connectivity index (χ4v) is 2.67. The number of phenolic OH excluding ortho intramolecular Hbond substituents is 1. The Bertz CT molecular complexity index is 931. The number of ketones is 1. The number of aromatic hydroxyl groups is 1. The van der Waals surface area contributed by atoms with Crippen molar-refractivity contribution in [1.82, 2.24) is 0 Å². The van der Waals surface area contributed by atoms with Gasteiger partial charge in [0.2, 0.25) is 5.78 Å². The molecule has 4 nitrogen and oxygen atoms in total. The van der Waals surface area contributed by atoms with Gasteiger partial charge in [-0.15, -0.1) is 0 Å². The van der Waals surface area contributed by atoms with Crippen LogP contribution < -0.4 is 0 Å². The Kier molecular flexibility index (Phi) is 5.34.